The van der Waals surface area contributed by atoms with E-state index in [0.29, 0.717) is 0 Å². The van der Waals surface area contributed by atoms with Crippen molar-refractivity contribution in [2.24, 2.45) is 4.99 Å². The molecular weight excluding hydrogens is 276 g/mol. The van der Waals surface area contributed by atoms with Gasteiger partial charge < -0.3 is 4.74 Å². The van der Waals surface area contributed by atoms with E-state index in [1.54, 1.807) is 13.2 Å². The molecule has 0 unspecified atom stereocenters. The van der Waals surface area contributed by atoms with E-state index < -0.39 is 0 Å². The van der Waals surface area contributed by atoms with Crippen molar-refractivity contribution in [2.45, 2.75) is 50.6 Å². The van der Waals surface area contributed by atoms with Gasteiger partial charge in [0.15, 0.2) is 0 Å². The van der Waals surface area contributed by atoms with Gasteiger partial charge in [-0.2, -0.15) is 4.99 Å². The predicted molar refractivity (Wildman–Crippen MR) is 85.8 cm³/mol. The summed E-state index contributed by atoms with van der Waals surface area (Å²) in [5, 5.41) is 0. The van der Waals surface area contributed by atoms with Crippen LogP contribution in [0.15, 0.2) is 23.2 Å². The van der Waals surface area contributed by atoms with E-state index in [0.717, 1.165) is 56.6 Å². The number of benzene rings is 1. The molecule has 1 saturated heterocycles. The van der Waals surface area contributed by atoms with Crippen LogP contribution in [0.25, 0.3) is 0 Å². The number of methoxy groups -OCH3 is 1. The molecule has 4 nitrogen and oxygen atoms in total. The Morgan fingerprint density at radius 2 is 1.95 bits per heavy atom. The molecule has 0 N–H and O–H groups in total. The number of carbonyl (C=O) groups excluding carboxylic acids is 1. The number of isocyanates is 1. The highest BCUT2D eigenvalue weighted by molar-refractivity contribution is 5.43. The van der Waals surface area contributed by atoms with Gasteiger partial charge in [0.05, 0.1) is 12.6 Å². The number of hydrogen-bond donors (Lipinski definition) is 0. The van der Waals surface area contributed by atoms with Crippen LogP contribution in [0.2, 0.25) is 0 Å². The Bertz CT molecular complexity index is 566. The topological polar surface area (TPSA) is 41.9 Å². The van der Waals surface area contributed by atoms with Crippen molar-refractivity contribution in [1.82, 2.24) is 4.90 Å². The molecule has 4 heteroatoms. The molecule has 1 heterocycles. The maximum Gasteiger partial charge on any atom is 0.235 e. The molecule has 3 rings (SSSR count). The van der Waals surface area contributed by atoms with E-state index in [9.17, 15) is 4.79 Å². The molecule has 2 fully saturated rings. The second kappa shape index (κ2) is 6.64. The van der Waals surface area contributed by atoms with Crippen LogP contribution in [0.3, 0.4) is 0 Å². The summed E-state index contributed by atoms with van der Waals surface area (Å²) in [5.74, 6) is 0.930. The van der Waals surface area contributed by atoms with Gasteiger partial charge in [-0.1, -0.05) is 18.9 Å². The summed E-state index contributed by atoms with van der Waals surface area (Å²) in [6.45, 7) is 3.23. The highest BCUT2D eigenvalue weighted by atomic mass is 16.5. The Balaban J connectivity index is 1.93. The highest BCUT2D eigenvalue weighted by Crippen LogP contribution is 2.43. The second-order valence-electron chi connectivity index (χ2n) is 6.45. The van der Waals surface area contributed by atoms with Crippen molar-refractivity contribution in [1.29, 1.82) is 0 Å². The van der Waals surface area contributed by atoms with Crippen LogP contribution in [0.1, 0.15) is 49.7 Å². The molecule has 0 atom stereocenters. The van der Waals surface area contributed by atoms with E-state index >= 15 is 0 Å². The first kappa shape index (κ1) is 15.3. The minimum atomic E-state index is -0.353. The van der Waals surface area contributed by atoms with Crippen LogP contribution in [0.4, 0.5) is 0 Å². The molecule has 2 aliphatic rings. The van der Waals surface area contributed by atoms with Gasteiger partial charge in [-0.25, -0.2) is 4.79 Å². The summed E-state index contributed by atoms with van der Waals surface area (Å²) in [7, 11) is 1.72. The first-order valence-corrected chi connectivity index (χ1v) is 8.26. The molecular formula is C18H24N2O2. The van der Waals surface area contributed by atoms with Gasteiger partial charge >= 0.3 is 0 Å². The zero-order valence-corrected chi connectivity index (χ0v) is 13.3. The van der Waals surface area contributed by atoms with Crippen LogP contribution in [-0.4, -0.2) is 31.2 Å². The fourth-order valence-electron chi connectivity index (χ4n) is 3.89. The minimum absolute atomic E-state index is 0.353. The van der Waals surface area contributed by atoms with E-state index in [4.69, 9.17) is 4.74 Å². The van der Waals surface area contributed by atoms with Crippen LogP contribution in [-0.2, 0) is 16.9 Å². The Morgan fingerprint density at radius 3 is 2.59 bits per heavy atom. The number of aliphatic imine (C=N–C) groups is 1. The lowest BCUT2D eigenvalue weighted by atomic mass is 9.87. The van der Waals surface area contributed by atoms with E-state index in [1.165, 1.54) is 18.4 Å². The van der Waals surface area contributed by atoms with Gasteiger partial charge in [0.2, 0.25) is 6.08 Å². The third-order valence-corrected chi connectivity index (χ3v) is 5.10. The number of likely N-dealkylation sites (tertiary alicyclic amines) is 1. The van der Waals surface area contributed by atoms with Crippen molar-refractivity contribution in [2.75, 3.05) is 20.2 Å². The summed E-state index contributed by atoms with van der Waals surface area (Å²) in [4.78, 5) is 17.6. The molecule has 1 aliphatic carbocycles. The first-order valence-electron chi connectivity index (χ1n) is 8.26. The first-order chi connectivity index (χ1) is 10.8. The molecule has 1 aromatic rings. The molecule has 1 saturated carbocycles. The van der Waals surface area contributed by atoms with E-state index in [2.05, 4.69) is 22.0 Å². The van der Waals surface area contributed by atoms with E-state index in [-0.39, 0.29) is 5.54 Å². The van der Waals surface area contributed by atoms with Crippen LogP contribution >= 0.6 is 0 Å². The van der Waals surface area contributed by atoms with Gasteiger partial charge in [0.25, 0.3) is 0 Å². The molecule has 0 aromatic heterocycles. The zero-order valence-electron chi connectivity index (χ0n) is 13.3. The average molecular weight is 300 g/mol. The largest absolute Gasteiger partial charge is 0.496 e. The molecule has 0 radical (unpaired) electrons. The third-order valence-electron chi connectivity index (χ3n) is 5.10. The van der Waals surface area contributed by atoms with Crippen molar-refractivity contribution in [3.8, 4) is 5.75 Å². The summed E-state index contributed by atoms with van der Waals surface area (Å²) < 4.78 is 5.53. The highest BCUT2D eigenvalue weighted by Gasteiger charge is 2.36. The summed E-state index contributed by atoms with van der Waals surface area (Å²) in [5.41, 5.74) is 1.99. The van der Waals surface area contributed by atoms with Crippen LogP contribution in [0, 0.1) is 0 Å². The Hall–Kier alpha value is -1.64. The normalized spacial score (nSPS) is 20.8. The molecule has 0 spiro atoms. The molecule has 1 aromatic carbocycles. The standard InChI is InChI=1S/C18H24N2O2/c1-22-17-7-6-16(18(19-14-21)8-2-3-9-18)12-15(17)13-20-10-4-5-11-20/h6-7,12H,2-5,8-11,13H2,1H3. The average Bonchev–Trinajstić information content (AvgIpc) is 3.20. The zero-order chi connectivity index (χ0) is 15.4. The summed E-state index contributed by atoms with van der Waals surface area (Å²) in [6.07, 6.45) is 8.49. The monoisotopic (exact) mass is 300 g/mol. The van der Waals surface area contributed by atoms with Crippen molar-refractivity contribution in [3.05, 3.63) is 29.3 Å². The third kappa shape index (κ3) is 2.94. The fraction of sp³-hybridized carbons (Fsp3) is 0.611. The van der Waals surface area contributed by atoms with Gasteiger partial charge in [-0.3, -0.25) is 4.90 Å². The van der Waals surface area contributed by atoms with Gasteiger partial charge in [0.1, 0.15) is 5.75 Å². The quantitative estimate of drug-likeness (QED) is 0.618. The Kier molecular flexibility index (Phi) is 4.60. The number of hydrogen-bond acceptors (Lipinski definition) is 4. The lowest BCUT2D eigenvalue weighted by Crippen LogP contribution is -2.22. The number of nitrogens with zero attached hydrogens (tertiary/aromatic N) is 2. The lowest BCUT2D eigenvalue weighted by molar-refractivity contribution is 0.320. The summed E-state index contributed by atoms with van der Waals surface area (Å²) >= 11 is 0. The number of ether oxygens (including phenoxy) is 1. The molecule has 0 bridgehead atoms. The molecule has 22 heavy (non-hydrogen) atoms. The van der Waals surface area contributed by atoms with Crippen LogP contribution < -0.4 is 4.74 Å². The molecule has 0 amide bonds. The van der Waals surface area contributed by atoms with Gasteiger partial charge in [-0.05, 0) is 56.5 Å². The summed E-state index contributed by atoms with van der Waals surface area (Å²) in [6, 6.07) is 6.29. The molecule has 1 aliphatic heterocycles. The van der Waals surface area contributed by atoms with Crippen LogP contribution in [0.5, 0.6) is 5.75 Å². The Morgan fingerprint density at radius 1 is 1.23 bits per heavy atom. The van der Waals surface area contributed by atoms with Gasteiger partial charge in [0, 0.05) is 12.1 Å². The number of rotatable bonds is 5. The van der Waals surface area contributed by atoms with Gasteiger partial charge in [-0.15, -0.1) is 0 Å². The lowest BCUT2D eigenvalue weighted by Gasteiger charge is -2.25. The second-order valence-corrected chi connectivity index (χ2v) is 6.45. The maximum absolute atomic E-state index is 10.9. The van der Waals surface area contributed by atoms with Crippen molar-refractivity contribution < 1.29 is 9.53 Å². The smallest absolute Gasteiger partial charge is 0.235 e. The van der Waals surface area contributed by atoms with Crippen molar-refractivity contribution >= 4 is 6.08 Å². The maximum atomic E-state index is 10.9. The molecule has 118 valence electrons. The van der Waals surface area contributed by atoms with Crippen molar-refractivity contribution in [3.63, 3.8) is 0 Å². The SMILES string of the molecule is COc1ccc(C2(N=C=O)CCCC2)cc1CN1CCCC1. The predicted octanol–water partition coefficient (Wildman–Crippen LogP) is 3.40. The minimum Gasteiger partial charge on any atom is -0.496 e. The Labute approximate surface area is 132 Å². The van der Waals surface area contributed by atoms with E-state index in [1.807, 2.05) is 6.07 Å². The fourth-order valence-corrected chi connectivity index (χ4v) is 3.89.